The zero-order chi connectivity index (χ0) is 18.3. The summed E-state index contributed by atoms with van der Waals surface area (Å²) in [6, 6.07) is 7.47. The van der Waals surface area contributed by atoms with E-state index in [9.17, 15) is 8.42 Å². The van der Waals surface area contributed by atoms with Gasteiger partial charge in [0.05, 0.1) is 4.90 Å². The van der Waals surface area contributed by atoms with Gasteiger partial charge < -0.3 is 10.6 Å². The van der Waals surface area contributed by atoms with Crippen LogP contribution in [-0.2, 0) is 16.6 Å². The third-order valence-electron chi connectivity index (χ3n) is 4.56. The number of aliphatic imine (C=N–C) groups is 1. The van der Waals surface area contributed by atoms with Crippen LogP contribution >= 0.6 is 24.0 Å². The van der Waals surface area contributed by atoms with Gasteiger partial charge in [-0.25, -0.2) is 8.42 Å². The number of nitrogens with zero attached hydrogens (tertiary/aromatic N) is 2. The third kappa shape index (κ3) is 6.38. The number of benzene rings is 1. The summed E-state index contributed by atoms with van der Waals surface area (Å²) in [5.41, 5.74) is 1.02. The zero-order valence-corrected chi connectivity index (χ0v) is 19.0. The predicted molar refractivity (Wildman–Crippen MR) is 118 cm³/mol. The van der Waals surface area contributed by atoms with E-state index in [0.717, 1.165) is 37.2 Å². The fourth-order valence-electron chi connectivity index (χ4n) is 2.75. The number of hydrogen-bond donors (Lipinski definition) is 2. The molecule has 0 aliphatic carbocycles. The molecule has 1 unspecified atom stereocenters. The van der Waals surface area contributed by atoms with Crippen LogP contribution in [0.15, 0.2) is 34.2 Å². The van der Waals surface area contributed by atoms with Crippen LogP contribution in [-0.4, -0.2) is 44.9 Å². The van der Waals surface area contributed by atoms with Crippen molar-refractivity contribution < 1.29 is 8.42 Å². The van der Waals surface area contributed by atoms with E-state index in [1.807, 2.05) is 12.1 Å². The highest BCUT2D eigenvalue weighted by Gasteiger charge is 2.25. The molecule has 1 heterocycles. The SMILES string of the molecule is CCC(C)NC(=NC)NCc1ccc(S(=O)(=O)N2CCCCC2)cc1.I. The fraction of sp³-hybridized carbons (Fsp3) is 0.611. The summed E-state index contributed by atoms with van der Waals surface area (Å²) in [5, 5.41) is 6.55. The van der Waals surface area contributed by atoms with Gasteiger partial charge in [0.2, 0.25) is 10.0 Å². The number of guanidine groups is 1. The molecule has 148 valence electrons. The van der Waals surface area contributed by atoms with E-state index in [0.29, 0.717) is 30.6 Å². The molecular weight excluding hydrogens is 463 g/mol. The molecule has 6 nitrogen and oxygen atoms in total. The molecule has 2 N–H and O–H groups in total. The maximum absolute atomic E-state index is 12.6. The smallest absolute Gasteiger partial charge is 0.243 e. The van der Waals surface area contributed by atoms with Gasteiger partial charge >= 0.3 is 0 Å². The van der Waals surface area contributed by atoms with Crippen LogP contribution in [0.3, 0.4) is 0 Å². The van der Waals surface area contributed by atoms with E-state index in [4.69, 9.17) is 0 Å². The van der Waals surface area contributed by atoms with Gasteiger partial charge in [-0.15, -0.1) is 24.0 Å². The van der Waals surface area contributed by atoms with Crippen molar-refractivity contribution in [2.75, 3.05) is 20.1 Å². The molecule has 2 rings (SSSR count). The van der Waals surface area contributed by atoms with Crippen molar-refractivity contribution in [2.24, 2.45) is 4.99 Å². The molecular formula is C18H31IN4O2S. The monoisotopic (exact) mass is 494 g/mol. The zero-order valence-electron chi connectivity index (χ0n) is 15.9. The van der Waals surface area contributed by atoms with Crippen molar-refractivity contribution in [1.82, 2.24) is 14.9 Å². The Labute approximate surface area is 174 Å². The minimum atomic E-state index is -3.36. The molecule has 0 radical (unpaired) electrons. The average Bonchev–Trinajstić information content (AvgIpc) is 2.65. The van der Waals surface area contributed by atoms with Gasteiger partial charge in [-0.3, -0.25) is 4.99 Å². The number of halogens is 1. The topological polar surface area (TPSA) is 73.8 Å². The summed E-state index contributed by atoms with van der Waals surface area (Å²) in [7, 11) is -1.62. The summed E-state index contributed by atoms with van der Waals surface area (Å²) < 4.78 is 26.9. The summed E-state index contributed by atoms with van der Waals surface area (Å²) in [6.07, 6.45) is 4.03. The van der Waals surface area contributed by atoms with Crippen LogP contribution in [0.25, 0.3) is 0 Å². The highest BCUT2D eigenvalue weighted by Crippen LogP contribution is 2.20. The molecule has 1 aromatic rings. The maximum Gasteiger partial charge on any atom is 0.243 e. The van der Waals surface area contributed by atoms with E-state index in [1.54, 1.807) is 23.5 Å². The Morgan fingerprint density at radius 2 is 1.81 bits per heavy atom. The first kappa shape index (κ1) is 23.2. The van der Waals surface area contributed by atoms with Crippen LogP contribution in [0.2, 0.25) is 0 Å². The minimum absolute atomic E-state index is 0. The normalized spacial score (nSPS) is 17.3. The van der Waals surface area contributed by atoms with Crippen molar-refractivity contribution in [3.8, 4) is 0 Å². The van der Waals surface area contributed by atoms with Gasteiger partial charge in [-0.1, -0.05) is 25.5 Å². The van der Waals surface area contributed by atoms with Gasteiger partial charge in [0.25, 0.3) is 0 Å². The van der Waals surface area contributed by atoms with Gasteiger partial charge in [0, 0.05) is 32.7 Å². The van der Waals surface area contributed by atoms with E-state index >= 15 is 0 Å². The Bertz CT molecular complexity index is 671. The lowest BCUT2D eigenvalue weighted by Crippen LogP contribution is -2.41. The molecule has 0 saturated carbocycles. The van der Waals surface area contributed by atoms with Crippen LogP contribution in [0.1, 0.15) is 45.1 Å². The number of sulfonamides is 1. The Morgan fingerprint density at radius 3 is 2.35 bits per heavy atom. The van der Waals surface area contributed by atoms with Gasteiger partial charge in [-0.05, 0) is 43.9 Å². The van der Waals surface area contributed by atoms with E-state index in [2.05, 4.69) is 29.5 Å². The highest BCUT2D eigenvalue weighted by atomic mass is 127. The number of rotatable bonds is 6. The third-order valence-corrected chi connectivity index (χ3v) is 6.47. The lowest BCUT2D eigenvalue weighted by atomic mass is 10.2. The van der Waals surface area contributed by atoms with Crippen molar-refractivity contribution in [3.05, 3.63) is 29.8 Å². The number of nitrogens with one attached hydrogen (secondary N) is 2. The molecule has 0 amide bonds. The average molecular weight is 494 g/mol. The van der Waals surface area contributed by atoms with Gasteiger partial charge in [-0.2, -0.15) is 4.31 Å². The summed E-state index contributed by atoms with van der Waals surface area (Å²) in [4.78, 5) is 4.58. The molecule has 1 aliphatic rings. The van der Waals surface area contributed by atoms with Gasteiger partial charge in [0.1, 0.15) is 0 Å². The van der Waals surface area contributed by atoms with Gasteiger partial charge in [0.15, 0.2) is 5.96 Å². The molecule has 0 bridgehead atoms. The Balaban J connectivity index is 0.00000338. The minimum Gasteiger partial charge on any atom is -0.354 e. The first-order chi connectivity index (χ1) is 12.0. The van der Waals surface area contributed by atoms with Crippen molar-refractivity contribution in [3.63, 3.8) is 0 Å². The number of hydrogen-bond acceptors (Lipinski definition) is 3. The molecule has 26 heavy (non-hydrogen) atoms. The van der Waals surface area contributed by atoms with Crippen LogP contribution < -0.4 is 10.6 Å². The van der Waals surface area contributed by atoms with Crippen LogP contribution in [0.5, 0.6) is 0 Å². The highest BCUT2D eigenvalue weighted by molar-refractivity contribution is 14.0. The van der Waals surface area contributed by atoms with Crippen molar-refractivity contribution in [2.45, 2.75) is 57.0 Å². The van der Waals surface area contributed by atoms with E-state index in [-0.39, 0.29) is 24.0 Å². The number of piperidine rings is 1. The quantitative estimate of drug-likeness (QED) is 0.363. The van der Waals surface area contributed by atoms with Crippen LogP contribution in [0, 0.1) is 0 Å². The maximum atomic E-state index is 12.6. The lowest BCUT2D eigenvalue weighted by Gasteiger charge is -2.25. The fourth-order valence-corrected chi connectivity index (χ4v) is 4.27. The Hall–Kier alpha value is -0.870. The summed E-state index contributed by atoms with van der Waals surface area (Å²) >= 11 is 0. The van der Waals surface area contributed by atoms with E-state index in [1.165, 1.54) is 0 Å². The molecule has 0 aromatic heterocycles. The Morgan fingerprint density at radius 1 is 1.19 bits per heavy atom. The second-order valence-corrected chi connectivity index (χ2v) is 8.43. The summed E-state index contributed by atoms with van der Waals surface area (Å²) in [5.74, 6) is 0.749. The molecule has 1 fully saturated rings. The largest absolute Gasteiger partial charge is 0.354 e. The second kappa shape index (κ2) is 11.1. The molecule has 8 heteroatoms. The second-order valence-electron chi connectivity index (χ2n) is 6.49. The summed E-state index contributed by atoms with van der Waals surface area (Å²) in [6.45, 7) is 6.08. The molecule has 1 aliphatic heterocycles. The molecule has 0 spiro atoms. The molecule has 1 aromatic carbocycles. The van der Waals surface area contributed by atoms with Crippen molar-refractivity contribution >= 4 is 40.0 Å². The van der Waals surface area contributed by atoms with Crippen molar-refractivity contribution in [1.29, 1.82) is 0 Å². The van der Waals surface area contributed by atoms with E-state index < -0.39 is 10.0 Å². The van der Waals surface area contributed by atoms with Crippen LogP contribution in [0.4, 0.5) is 0 Å². The predicted octanol–water partition coefficient (Wildman–Crippen LogP) is 2.94. The Kier molecular flexibility index (Phi) is 9.88. The first-order valence-corrected chi connectivity index (χ1v) is 10.5. The first-order valence-electron chi connectivity index (χ1n) is 9.03. The molecule has 1 saturated heterocycles. The standard InChI is InChI=1S/C18H30N4O2S.HI/c1-4-15(2)21-18(19-3)20-14-16-8-10-17(11-9-16)25(23,24)22-12-6-5-7-13-22;/h8-11,15H,4-7,12-14H2,1-3H3,(H2,19,20,21);1H. The lowest BCUT2D eigenvalue weighted by molar-refractivity contribution is 0.346. The molecule has 1 atom stereocenters.